The van der Waals surface area contributed by atoms with Crippen molar-refractivity contribution in [3.63, 3.8) is 0 Å². The molecule has 0 spiro atoms. The molecular weight excluding hydrogens is 538 g/mol. The number of nitrogens with zero attached hydrogens (tertiary/aromatic N) is 4. The molecule has 5 atom stereocenters. The first kappa shape index (κ1) is 33.7. The Morgan fingerprint density at radius 3 is 1.45 bits per heavy atom. The van der Waals surface area contributed by atoms with Gasteiger partial charge in [0.2, 0.25) is 5.91 Å². The highest BCUT2D eigenvalue weighted by atomic mass is 16.6. The molecule has 17 nitrogen and oxygen atoms in total. The third-order valence-corrected chi connectivity index (χ3v) is 6.89. The monoisotopic (exact) mass is 579 g/mol. The highest BCUT2D eigenvalue weighted by Crippen LogP contribution is 2.19. The number of aliphatic carboxylic acids is 3. The standard InChI is InChI=1S/C23H41N5O12/c29-14-15-21(37)22(38)20(23(39)40-15)24-16(30)1-2-25-3-5-26(11-17(31)32)7-9-28(13-19(35)36)10-8-27(6-4-25)12-18(33)34/h15,20-23,29,37-39H,1-14H2,(H,24,30)(H,31,32)(H,33,34)(H,35,36)/t15-,20?,21-,22-,23-/m1/s1. The molecule has 40 heavy (non-hydrogen) atoms. The second-order valence-electron chi connectivity index (χ2n) is 9.92. The summed E-state index contributed by atoms with van der Waals surface area (Å²) in [6.45, 7) is 1.03. The van der Waals surface area contributed by atoms with Gasteiger partial charge in [-0.2, -0.15) is 0 Å². The molecule has 2 rings (SSSR count). The van der Waals surface area contributed by atoms with Crippen LogP contribution in [0.4, 0.5) is 0 Å². The summed E-state index contributed by atoms with van der Waals surface area (Å²) in [5.74, 6) is -3.71. The van der Waals surface area contributed by atoms with Gasteiger partial charge in [-0.25, -0.2) is 0 Å². The number of carboxylic acid groups (broad SMARTS) is 3. The zero-order valence-corrected chi connectivity index (χ0v) is 22.2. The lowest BCUT2D eigenvalue weighted by atomic mass is 9.97. The van der Waals surface area contributed by atoms with Crippen molar-refractivity contribution in [3.8, 4) is 0 Å². The van der Waals surface area contributed by atoms with Crippen LogP contribution in [0.2, 0.25) is 0 Å². The second kappa shape index (κ2) is 16.7. The van der Waals surface area contributed by atoms with Gasteiger partial charge in [-0.05, 0) is 0 Å². The molecule has 2 fully saturated rings. The lowest BCUT2D eigenvalue weighted by Gasteiger charge is -2.40. The molecule has 8 N–H and O–H groups in total. The van der Waals surface area contributed by atoms with E-state index in [1.54, 1.807) is 14.7 Å². The van der Waals surface area contributed by atoms with Crippen LogP contribution in [0.5, 0.6) is 0 Å². The number of carbonyl (C=O) groups is 4. The number of carboxylic acids is 3. The first-order valence-electron chi connectivity index (χ1n) is 13.0. The summed E-state index contributed by atoms with van der Waals surface area (Å²) in [4.78, 5) is 53.5. The van der Waals surface area contributed by atoms with Crippen molar-refractivity contribution in [2.24, 2.45) is 0 Å². The van der Waals surface area contributed by atoms with Crippen molar-refractivity contribution in [3.05, 3.63) is 0 Å². The average molecular weight is 580 g/mol. The quantitative estimate of drug-likeness (QED) is 0.114. The van der Waals surface area contributed by atoms with Crippen molar-refractivity contribution >= 4 is 23.8 Å². The van der Waals surface area contributed by atoms with E-state index in [-0.39, 0.29) is 71.9 Å². The van der Waals surface area contributed by atoms with Crippen LogP contribution < -0.4 is 5.32 Å². The Balaban J connectivity index is 2.05. The van der Waals surface area contributed by atoms with Crippen molar-refractivity contribution < 1.29 is 59.7 Å². The van der Waals surface area contributed by atoms with Crippen LogP contribution in [0.15, 0.2) is 0 Å². The second-order valence-corrected chi connectivity index (χ2v) is 9.92. The maximum Gasteiger partial charge on any atom is 0.317 e. The van der Waals surface area contributed by atoms with Crippen LogP contribution in [0.3, 0.4) is 0 Å². The van der Waals surface area contributed by atoms with E-state index in [0.717, 1.165) is 0 Å². The molecule has 0 radical (unpaired) electrons. The molecule has 0 aliphatic carbocycles. The van der Waals surface area contributed by atoms with E-state index in [0.29, 0.717) is 13.1 Å². The molecule has 2 saturated heterocycles. The number of carbonyl (C=O) groups excluding carboxylic acids is 1. The maximum atomic E-state index is 12.6. The molecule has 0 aromatic heterocycles. The van der Waals surface area contributed by atoms with Gasteiger partial charge < -0.3 is 50.7 Å². The summed E-state index contributed by atoms with van der Waals surface area (Å²) >= 11 is 0. The Bertz CT molecular complexity index is 819. The zero-order chi connectivity index (χ0) is 29.8. The number of amides is 1. The van der Waals surface area contributed by atoms with Crippen LogP contribution in [-0.4, -0.2) is 195 Å². The fourth-order valence-electron chi connectivity index (χ4n) is 4.62. The molecule has 1 amide bonds. The molecule has 0 bridgehead atoms. The molecule has 2 heterocycles. The summed E-state index contributed by atoms with van der Waals surface area (Å²) < 4.78 is 5.05. The van der Waals surface area contributed by atoms with Crippen molar-refractivity contribution in [1.29, 1.82) is 0 Å². The van der Waals surface area contributed by atoms with E-state index in [1.807, 2.05) is 4.90 Å². The van der Waals surface area contributed by atoms with E-state index in [1.165, 1.54) is 0 Å². The molecule has 0 aromatic carbocycles. The molecule has 0 saturated carbocycles. The van der Waals surface area contributed by atoms with E-state index in [9.17, 15) is 54.9 Å². The lowest BCUT2D eigenvalue weighted by molar-refractivity contribution is -0.253. The highest BCUT2D eigenvalue weighted by molar-refractivity contribution is 5.76. The van der Waals surface area contributed by atoms with E-state index >= 15 is 0 Å². The predicted octanol–water partition coefficient (Wildman–Crippen LogP) is -5.23. The molecule has 0 aromatic rings. The first-order chi connectivity index (χ1) is 18.9. The summed E-state index contributed by atoms with van der Waals surface area (Å²) in [6.07, 6.45) is -6.07. The van der Waals surface area contributed by atoms with Gasteiger partial charge in [0.15, 0.2) is 6.29 Å². The van der Waals surface area contributed by atoms with Crippen LogP contribution in [-0.2, 0) is 23.9 Å². The average Bonchev–Trinajstić information content (AvgIpc) is 2.87. The van der Waals surface area contributed by atoms with E-state index in [2.05, 4.69) is 5.32 Å². The largest absolute Gasteiger partial charge is 0.480 e. The number of nitrogens with one attached hydrogen (secondary N) is 1. The normalized spacial score (nSPS) is 28.8. The van der Waals surface area contributed by atoms with Crippen LogP contribution in [0, 0.1) is 0 Å². The SMILES string of the molecule is O=C(O)CN1CCN(CCC(=O)NC2[C@H](O)O[C@H](CO)[C@@H](O)[C@@H]2O)CCN(CC(=O)O)CCN(CC(=O)O)CC1. The van der Waals surface area contributed by atoms with Gasteiger partial charge in [-0.15, -0.1) is 0 Å². The summed E-state index contributed by atoms with van der Waals surface area (Å²) in [6, 6.07) is -1.33. The smallest absolute Gasteiger partial charge is 0.317 e. The minimum atomic E-state index is -1.66. The van der Waals surface area contributed by atoms with Crippen molar-refractivity contribution in [2.75, 3.05) is 85.1 Å². The third-order valence-electron chi connectivity index (χ3n) is 6.89. The van der Waals surface area contributed by atoms with Gasteiger partial charge in [0.05, 0.1) is 26.2 Å². The molecule has 2 aliphatic rings. The van der Waals surface area contributed by atoms with Crippen LogP contribution >= 0.6 is 0 Å². The summed E-state index contributed by atoms with van der Waals surface area (Å²) in [5, 5.41) is 69.9. The fourth-order valence-corrected chi connectivity index (χ4v) is 4.62. The number of aliphatic hydroxyl groups excluding tert-OH is 4. The fraction of sp³-hybridized carbons (Fsp3) is 0.826. The Hall–Kier alpha value is -2.48. The van der Waals surface area contributed by atoms with Gasteiger partial charge in [-0.1, -0.05) is 0 Å². The minimum Gasteiger partial charge on any atom is -0.480 e. The Labute approximate surface area is 231 Å². The highest BCUT2D eigenvalue weighted by Gasteiger charge is 2.44. The zero-order valence-electron chi connectivity index (χ0n) is 22.2. The number of rotatable bonds is 11. The number of ether oxygens (including phenoxy) is 1. The van der Waals surface area contributed by atoms with Gasteiger partial charge in [0.25, 0.3) is 0 Å². The van der Waals surface area contributed by atoms with Gasteiger partial charge in [0, 0.05) is 65.3 Å². The Morgan fingerprint density at radius 1 is 0.675 bits per heavy atom. The van der Waals surface area contributed by atoms with Crippen LogP contribution in [0.25, 0.3) is 0 Å². The minimum absolute atomic E-state index is 0.0975. The van der Waals surface area contributed by atoms with Crippen LogP contribution in [0.1, 0.15) is 6.42 Å². The maximum absolute atomic E-state index is 12.6. The predicted molar refractivity (Wildman–Crippen MR) is 135 cm³/mol. The Kier molecular flexibility index (Phi) is 14.1. The molecule has 2 aliphatic heterocycles. The molecule has 17 heteroatoms. The molecule has 1 unspecified atom stereocenters. The summed E-state index contributed by atoms with van der Waals surface area (Å²) in [5.41, 5.74) is 0. The molecular formula is C23H41N5O12. The number of hydrogen-bond donors (Lipinski definition) is 8. The summed E-state index contributed by atoms with van der Waals surface area (Å²) in [7, 11) is 0. The molecule has 230 valence electrons. The number of aliphatic hydroxyl groups is 4. The Morgan fingerprint density at radius 2 is 1.07 bits per heavy atom. The van der Waals surface area contributed by atoms with Gasteiger partial charge in [0.1, 0.15) is 24.4 Å². The van der Waals surface area contributed by atoms with Crippen molar-refractivity contribution in [1.82, 2.24) is 24.9 Å². The van der Waals surface area contributed by atoms with Crippen molar-refractivity contribution in [2.45, 2.75) is 37.1 Å². The topological polar surface area (TPSA) is 244 Å². The van der Waals surface area contributed by atoms with Gasteiger partial charge in [-0.3, -0.25) is 33.9 Å². The van der Waals surface area contributed by atoms with Gasteiger partial charge >= 0.3 is 17.9 Å². The first-order valence-corrected chi connectivity index (χ1v) is 13.0. The van der Waals surface area contributed by atoms with E-state index < -0.39 is 61.1 Å². The number of hydrogen-bond acceptors (Lipinski definition) is 13. The lowest BCUT2D eigenvalue weighted by Crippen LogP contribution is -2.64. The third kappa shape index (κ3) is 11.6. The van der Waals surface area contributed by atoms with E-state index in [4.69, 9.17) is 4.74 Å².